The number of nitrogens with zero attached hydrogens (tertiary/aromatic N) is 2. The maximum atomic E-state index is 4.26. The summed E-state index contributed by atoms with van der Waals surface area (Å²) in [5, 5.41) is 3.34. The third-order valence-corrected chi connectivity index (χ3v) is 2.36. The summed E-state index contributed by atoms with van der Waals surface area (Å²) in [6.07, 6.45) is 5.87. The van der Waals surface area contributed by atoms with E-state index < -0.39 is 0 Å². The molecule has 0 bridgehead atoms. The van der Waals surface area contributed by atoms with Crippen LogP contribution < -0.4 is 5.32 Å². The van der Waals surface area contributed by atoms with E-state index in [2.05, 4.69) is 15.3 Å². The zero-order valence-corrected chi connectivity index (χ0v) is 7.03. The summed E-state index contributed by atoms with van der Waals surface area (Å²) >= 11 is 0. The van der Waals surface area contributed by atoms with Crippen LogP contribution in [0.25, 0.3) is 0 Å². The number of aromatic nitrogens is 2. The minimum Gasteiger partial charge on any atom is -0.317 e. The van der Waals surface area contributed by atoms with Crippen molar-refractivity contribution in [2.75, 3.05) is 13.1 Å². The first-order chi connectivity index (χ1) is 5.97. The number of piperidine rings is 1. The van der Waals surface area contributed by atoms with Gasteiger partial charge in [0.25, 0.3) is 0 Å². The fourth-order valence-corrected chi connectivity index (χ4v) is 1.66. The minimum atomic E-state index is 0.647. The highest BCUT2D eigenvalue weighted by Gasteiger charge is 2.15. The predicted molar refractivity (Wildman–Crippen MR) is 46.9 cm³/mol. The first-order valence-corrected chi connectivity index (χ1v) is 4.43. The zero-order valence-electron chi connectivity index (χ0n) is 7.03. The Balaban J connectivity index is 2.08. The van der Waals surface area contributed by atoms with Crippen LogP contribution in [0.2, 0.25) is 0 Å². The maximum Gasteiger partial charge on any atom is 0.115 e. The van der Waals surface area contributed by atoms with Gasteiger partial charge in [-0.05, 0) is 32.0 Å². The van der Waals surface area contributed by atoms with Crippen LogP contribution in [0.15, 0.2) is 18.6 Å². The van der Waals surface area contributed by atoms with Crippen LogP contribution in [0.3, 0.4) is 0 Å². The van der Waals surface area contributed by atoms with Crippen molar-refractivity contribution in [1.82, 2.24) is 15.3 Å². The van der Waals surface area contributed by atoms with Crippen LogP contribution in [-0.2, 0) is 0 Å². The van der Waals surface area contributed by atoms with E-state index >= 15 is 0 Å². The van der Waals surface area contributed by atoms with Crippen LogP contribution in [-0.4, -0.2) is 23.1 Å². The second-order valence-corrected chi connectivity index (χ2v) is 3.16. The Hall–Kier alpha value is -0.960. The highest BCUT2D eigenvalue weighted by Crippen LogP contribution is 2.22. The average molecular weight is 163 g/mol. The lowest BCUT2D eigenvalue weighted by atomic mass is 9.95. The smallest absolute Gasteiger partial charge is 0.115 e. The van der Waals surface area contributed by atoms with Crippen molar-refractivity contribution in [3.63, 3.8) is 0 Å². The highest BCUT2D eigenvalue weighted by atomic mass is 14.9. The van der Waals surface area contributed by atoms with Gasteiger partial charge in [0.2, 0.25) is 0 Å². The molecule has 64 valence electrons. The van der Waals surface area contributed by atoms with Crippen molar-refractivity contribution >= 4 is 0 Å². The predicted octanol–water partition coefficient (Wildman–Crippen LogP) is 0.944. The first-order valence-electron chi connectivity index (χ1n) is 4.43. The third kappa shape index (κ3) is 1.61. The molecule has 2 rings (SSSR count). The molecule has 0 spiro atoms. The van der Waals surface area contributed by atoms with E-state index in [0.29, 0.717) is 5.92 Å². The van der Waals surface area contributed by atoms with Crippen LogP contribution in [0.5, 0.6) is 0 Å². The highest BCUT2D eigenvalue weighted by molar-refractivity contribution is 5.06. The molecule has 0 atom stereocenters. The van der Waals surface area contributed by atoms with E-state index in [1.807, 2.05) is 12.3 Å². The molecule has 3 nitrogen and oxygen atoms in total. The van der Waals surface area contributed by atoms with Gasteiger partial charge in [-0.2, -0.15) is 0 Å². The molecule has 0 amide bonds. The number of hydrogen-bond donors (Lipinski definition) is 1. The van der Waals surface area contributed by atoms with Crippen molar-refractivity contribution in [3.05, 3.63) is 24.3 Å². The Bertz CT molecular complexity index is 229. The van der Waals surface area contributed by atoms with Crippen LogP contribution in [0.1, 0.15) is 24.5 Å². The molecule has 3 heteroatoms. The molecule has 12 heavy (non-hydrogen) atoms. The van der Waals surface area contributed by atoms with Crippen LogP contribution in [0.4, 0.5) is 0 Å². The number of nitrogens with one attached hydrogen (secondary N) is 1. The fraction of sp³-hybridized carbons (Fsp3) is 0.556. The first kappa shape index (κ1) is 7.68. The van der Waals surface area contributed by atoms with E-state index in [-0.39, 0.29) is 0 Å². The lowest BCUT2D eigenvalue weighted by molar-refractivity contribution is 0.453. The molecule has 0 unspecified atom stereocenters. The number of hydrogen-bond acceptors (Lipinski definition) is 3. The van der Waals surface area contributed by atoms with E-state index in [0.717, 1.165) is 13.1 Å². The molecule has 1 fully saturated rings. The van der Waals surface area contributed by atoms with Gasteiger partial charge in [-0.3, -0.25) is 0 Å². The molecule has 2 heterocycles. The Kier molecular flexibility index (Phi) is 2.32. The number of rotatable bonds is 1. The Morgan fingerprint density at radius 3 is 2.83 bits per heavy atom. The van der Waals surface area contributed by atoms with Gasteiger partial charge in [-0.1, -0.05) is 0 Å². The molecular weight excluding hydrogens is 150 g/mol. The second kappa shape index (κ2) is 3.63. The van der Waals surface area contributed by atoms with Gasteiger partial charge in [0, 0.05) is 17.8 Å². The molecule has 1 aliphatic heterocycles. The quantitative estimate of drug-likeness (QED) is 0.669. The van der Waals surface area contributed by atoms with Gasteiger partial charge >= 0.3 is 0 Å². The van der Waals surface area contributed by atoms with Crippen molar-refractivity contribution < 1.29 is 0 Å². The Morgan fingerprint density at radius 2 is 2.17 bits per heavy atom. The van der Waals surface area contributed by atoms with Crippen LogP contribution >= 0.6 is 0 Å². The van der Waals surface area contributed by atoms with Crippen molar-refractivity contribution in [2.45, 2.75) is 18.8 Å². The minimum absolute atomic E-state index is 0.647. The summed E-state index contributed by atoms with van der Waals surface area (Å²) in [6, 6.07) is 2.02. The molecule has 1 N–H and O–H groups in total. The van der Waals surface area contributed by atoms with Crippen LogP contribution in [0, 0.1) is 0 Å². The lowest BCUT2D eigenvalue weighted by Crippen LogP contribution is -2.27. The Labute approximate surface area is 72.2 Å². The largest absolute Gasteiger partial charge is 0.317 e. The summed E-state index contributed by atoms with van der Waals surface area (Å²) in [5.74, 6) is 0.647. The van der Waals surface area contributed by atoms with E-state index in [9.17, 15) is 0 Å². The summed E-state index contributed by atoms with van der Waals surface area (Å²) in [5.41, 5.74) is 1.20. The third-order valence-electron chi connectivity index (χ3n) is 2.36. The molecule has 0 aliphatic carbocycles. The zero-order chi connectivity index (χ0) is 8.23. The second-order valence-electron chi connectivity index (χ2n) is 3.16. The molecule has 1 saturated heterocycles. The van der Waals surface area contributed by atoms with Crippen molar-refractivity contribution in [3.8, 4) is 0 Å². The summed E-state index contributed by atoms with van der Waals surface area (Å²) in [7, 11) is 0. The average Bonchev–Trinajstić information content (AvgIpc) is 2.21. The van der Waals surface area contributed by atoms with Gasteiger partial charge in [-0.25, -0.2) is 9.97 Å². The SMILES string of the molecule is c1cc(C2CCNCC2)ncn1. The lowest BCUT2D eigenvalue weighted by Gasteiger charge is -2.21. The van der Waals surface area contributed by atoms with E-state index in [1.54, 1.807) is 6.33 Å². The molecule has 0 radical (unpaired) electrons. The molecule has 0 aromatic carbocycles. The molecule has 1 aliphatic rings. The van der Waals surface area contributed by atoms with E-state index in [1.165, 1.54) is 18.5 Å². The molecular formula is C9H13N3. The van der Waals surface area contributed by atoms with E-state index in [4.69, 9.17) is 0 Å². The summed E-state index contributed by atoms with van der Waals surface area (Å²) in [6.45, 7) is 2.24. The van der Waals surface area contributed by atoms with Gasteiger partial charge in [-0.15, -0.1) is 0 Å². The van der Waals surface area contributed by atoms with Gasteiger partial charge in [0.05, 0.1) is 0 Å². The van der Waals surface area contributed by atoms with Gasteiger partial charge in [0.15, 0.2) is 0 Å². The van der Waals surface area contributed by atoms with Crippen molar-refractivity contribution in [2.24, 2.45) is 0 Å². The maximum absolute atomic E-state index is 4.26. The topological polar surface area (TPSA) is 37.8 Å². The van der Waals surface area contributed by atoms with Crippen molar-refractivity contribution in [1.29, 1.82) is 0 Å². The standard InChI is InChI=1S/C9H13N3/c1-4-10-5-2-8(1)9-3-6-11-7-12-9/h3,6-8,10H,1-2,4-5H2. The molecule has 1 aromatic rings. The summed E-state index contributed by atoms with van der Waals surface area (Å²) in [4.78, 5) is 8.18. The fourth-order valence-electron chi connectivity index (χ4n) is 1.66. The normalized spacial score (nSPS) is 19.3. The van der Waals surface area contributed by atoms with Gasteiger partial charge in [0.1, 0.15) is 6.33 Å². The monoisotopic (exact) mass is 163 g/mol. The molecule has 0 saturated carbocycles. The Morgan fingerprint density at radius 1 is 1.33 bits per heavy atom. The molecule has 1 aromatic heterocycles. The van der Waals surface area contributed by atoms with Gasteiger partial charge < -0.3 is 5.32 Å². The summed E-state index contributed by atoms with van der Waals surface area (Å²) < 4.78 is 0.